The number of nitrogens with one attached hydrogen (secondary N) is 1. The van der Waals surface area contributed by atoms with Gasteiger partial charge in [-0.15, -0.1) is 0 Å². The van der Waals surface area contributed by atoms with E-state index in [2.05, 4.69) is 12.2 Å². The van der Waals surface area contributed by atoms with Gasteiger partial charge in [-0.05, 0) is 30.5 Å². The molecule has 1 aliphatic rings. The number of primary amides is 1. The molecule has 3 heteroatoms. The van der Waals surface area contributed by atoms with Crippen LogP contribution < -0.4 is 11.1 Å². The molecule has 1 aromatic rings. The number of hydrogen-bond acceptors (Lipinski definition) is 2. The van der Waals surface area contributed by atoms with Crippen molar-refractivity contribution in [3.63, 3.8) is 0 Å². The fourth-order valence-electron chi connectivity index (χ4n) is 1.93. The number of carbonyl (C=O) groups is 1. The molecule has 0 radical (unpaired) electrons. The Kier molecular flexibility index (Phi) is 2.25. The summed E-state index contributed by atoms with van der Waals surface area (Å²) in [5, 5.41) is 3.35. The molecule has 0 aromatic heterocycles. The zero-order valence-electron chi connectivity index (χ0n) is 8.21. The van der Waals surface area contributed by atoms with Crippen molar-refractivity contribution < 1.29 is 4.79 Å². The van der Waals surface area contributed by atoms with E-state index in [1.54, 1.807) is 6.07 Å². The SMILES string of the molecule is C[C@@H]1Cc2c(cccc2C(N)=O)CN1. The third-order valence-corrected chi connectivity index (χ3v) is 2.69. The first-order chi connectivity index (χ1) is 6.68. The van der Waals surface area contributed by atoms with Gasteiger partial charge in [0.05, 0.1) is 0 Å². The highest BCUT2D eigenvalue weighted by atomic mass is 16.1. The second kappa shape index (κ2) is 3.42. The molecule has 1 aromatic carbocycles. The van der Waals surface area contributed by atoms with Gasteiger partial charge in [0.1, 0.15) is 0 Å². The van der Waals surface area contributed by atoms with Crippen LogP contribution in [0.15, 0.2) is 18.2 Å². The fraction of sp³-hybridized carbons (Fsp3) is 0.364. The van der Waals surface area contributed by atoms with Crippen LogP contribution in [0.5, 0.6) is 0 Å². The molecule has 2 rings (SSSR count). The normalized spacial score (nSPS) is 20.2. The first-order valence-corrected chi connectivity index (χ1v) is 4.82. The van der Waals surface area contributed by atoms with E-state index < -0.39 is 0 Å². The summed E-state index contributed by atoms with van der Waals surface area (Å²) in [4.78, 5) is 11.2. The topological polar surface area (TPSA) is 55.1 Å². The van der Waals surface area contributed by atoms with Crippen LogP contribution in [0.25, 0.3) is 0 Å². The number of nitrogens with two attached hydrogens (primary N) is 1. The number of rotatable bonds is 1. The zero-order valence-corrected chi connectivity index (χ0v) is 8.21. The summed E-state index contributed by atoms with van der Waals surface area (Å²) in [7, 11) is 0. The van der Waals surface area contributed by atoms with E-state index in [0.29, 0.717) is 11.6 Å². The predicted molar refractivity (Wildman–Crippen MR) is 55.0 cm³/mol. The fourth-order valence-corrected chi connectivity index (χ4v) is 1.93. The van der Waals surface area contributed by atoms with Gasteiger partial charge in [-0.3, -0.25) is 4.79 Å². The van der Waals surface area contributed by atoms with E-state index in [1.807, 2.05) is 12.1 Å². The molecule has 0 spiro atoms. The Morgan fingerprint density at radius 2 is 2.36 bits per heavy atom. The molecule has 74 valence electrons. The van der Waals surface area contributed by atoms with Crippen molar-refractivity contribution >= 4 is 5.91 Å². The van der Waals surface area contributed by atoms with Crippen molar-refractivity contribution in [3.05, 3.63) is 34.9 Å². The Morgan fingerprint density at radius 3 is 3.07 bits per heavy atom. The van der Waals surface area contributed by atoms with Crippen molar-refractivity contribution in [2.24, 2.45) is 5.73 Å². The van der Waals surface area contributed by atoms with Crippen LogP contribution in [0.4, 0.5) is 0 Å². The molecule has 14 heavy (non-hydrogen) atoms. The van der Waals surface area contributed by atoms with Crippen LogP contribution >= 0.6 is 0 Å². The Labute approximate surface area is 83.3 Å². The lowest BCUT2D eigenvalue weighted by Gasteiger charge is -2.24. The second-order valence-corrected chi connectivity index (χ2v) is 3.79. The Hall–Kier alpha value is -1.35. The maximum Gasteiger partial charge on any atom is 0.248 e. The van der Waals surface area contributed by atoms with Crippen LogP contribution in [0.2, 0.25) is 0 Å². The minimum atomic E-state index is -0.323. The van der Waals surface area contributed by atoms with Crippen LogP contribution in [0, 0.1) is 0 Å². The maximum absolute atomic E-state index is 11.2. The quantitative estimate of drug-likeness (QED) is 0.688. The van der Waals surface area contributed by atoms with Crippen molar-refractivity contribution in [1.82, 2.24) is 5.32 Å². The summed E-state index contributed by atoms with van der Waals surface area (Å²) in [5.41, 5.74) is 8.31. The van der Waals surface area contributed by atoms with E-state index in [-0.39, 0.29) is 5.91 Å². The number of hydrogen-bond donors (Lipinski definition) is 2. The van der Waals surface area contributed by atoms with Crippen molar-refractivity contribution in [3.8, 4) is 0 Å². The van der Waals surface area contributed by atoms with E-state index in [9.17, 15) is 4.79 Å². The van der Waals surface area contributed by atoms with Gasteiger partial charge in [0.2, 0.25) is 5.91 Å². The van der Waals surface area contributed by atoms with Crippen molar-refractivity contribution in [2.75, 3.05) is 0 Å². The molecular weight excluding hydrogens is 176 g/mol. The molecule has 1 atom stereocenters. The van der Waals surface area contributed by atoms with E-state index in [0.717, 1.165) is 18.5 Å². The first-order valence-electron chi connectivity index (χ1n) is 4.82. The summed E-state index contributed by atoms with van der Waals surface area (Å²) < 4.78 is 0. The first kappa shape index (κ1) is 9.21. The average Bonchev–Trinajstić information content (AvgIpc) is 2.16. The average molecular weight is 190 g/mol. The molecule has 0 saturated carbocycles. The summed E-state index contributed by atoms with van der Waals surface area (Å²) in [5.74, 6) is -0.323. The van der Waals surface area contributed by atoms with Gasteiger partial charge in [-0.1, -0.05) is 12.1 Å². The highest BCUT2D eigenvalue weighted by Crippen LogP contribution is 2.20. The largest absolute Gasteiger partial charge is 0.366 e. The monoisotopic (exact) mass is 190 g/mol. The Bertz CT molecular complexity index is 374. The standard InChI is InChI=1S/C11H14N2O/c1-7-5-10-8(6-13-7)3-2-4-9(10)11(12)14/h2-4,7,13H,5-6H2,1H3,(H2,12,14)/t7-/m1/s1. The lowest BCUT2D eigenvalue weighted by Crippen LogP contribution is -2.34. The second-order valence-electron chi connectivity index (χ2n) is 3.79. The number of benzene rings is 1. The van der Waals surface area contributed by atoms with E-state index in [1.165, 1.54) is 5.56 Å². The number of fused-ring (bicyclic) bond motifs is 1. The van der Waals surface area contributed by atoms with Gasteiger partial charge in [-0.2, -0.15) is 0 Å². The lowest BCUT2D eigenvalue weighted by atomic mass is 9.92. The molecule has 3 nitrogen and oxygen atoms in total. The summed E-state index contributed by atoms with van der Waals surface area (Å²) in [6.45, 7) is 2.94. The van der Waals surface area contributed by atoms with Crippen LogP contribution in [0.3, 0.4) is 0 Å². The number of carbonyl (C=O) groups excluding carboxylic acids is 1. The summed E-state index contributed by atoms with van der Waals surface area (Å²) in [6.07, 6.45) is 0.883. The van der Waals surface area contributed by atoms with Gasteiger partial charge in [0, 0.05) is 18.2 Å². The summed E-state index contributed by atoms with van der Waals surface area (Å²) in [6, 6.07) is 6.15. The molecule has 0 bridgehead atoms. The number of amides is 1. The maximum atomic E-state index is 11.2. The van der Waals surface area contributed by atoms with Crippen molar-refractivity contribution in [1.29, 1.82) is 0 Å². The molecule has 1 heterocycles. The molecule has 0 saturated heterocycles. The van der Waals surface area contributed by atoms with E-state index >= 15 is 0 Å². The third-order valence-electron chi connectivity index (χ3n) is 2.69. The lowest BCUT2D eigenvalue weighted by molar-refractivity contribution is 0.0999. The molecule has 0 unspecified atom stereocenters. The van der Waals surface area contributed by atoms with Crippen molar-refractivity contribution in [2.45, 2.75) is 25.9 Å². The zero-order chi connectivity index (χ0) is 10.1. The Morgan fingerprint density at radius 1 is 1.57 bits per heavy atom. The molecule has 0 fully saturated rings. The van der Waals surface area contributed by atoms with Gasteiger partial charge in [-0.25, -0.2) is 0 Å². The van der Waals surface area contributed by atoms with E-state index in [4.69, 9.17) is 5.73 Å². The molecule has 0 aliphatic carbocycles. The van der Waals surface area contributed by atoms with Crippen LogP contribution in [-0.2, 0) is 13.0 Å². The molecule has 1 amide bonds. The smallest absolute Gasteiger partial charge is 0.248 e. The van der Waals surface area contributed by atoms with Crippen LogP contribution in [0.1, 0.15) is 28.4 Å². The van der Waals surface area contributed by atoms with Crippen LogP contribution in [-0.4, -0.2) is 11.9 Å². The Balaban J connectivity index is 2.48. The predicted octanol–water partition coefficient (Wildman–Crippen LogP) is 0.820. The highest BCUT2D eigenvalue weighted by Gasteiger charge is 2.18. The van der Waals surface area contributed by atoms with Gasteiger partial charge < -0.3 is 11.1 Å². The highest BCUT2D eigenvalue weighted by molar-refractivity contribution is 5.94. The summed E-state index contributed by atoms with van der Waals surface area (Å²) >= 11 is 0. The minimum absolute atomic E-state index is 0.323. The minimum Gasteiger partial charge on any atom is -0.366 e. The van der Waals surface area contributed by atoms with Gasteiger partial charge in [0.15, 0.2) is 0 Å². The molecular formula is C11H14N2O. The van der Waals surface area contributed by atoms with Gasteiger partial charge >= 0.3 is 0 Å². The third kappa shape index (κ3) is 1.51. The molecule has 3 N–H and O–H groups in total. The van der Waals surface area contributed by atoms with Gasteiger partial charge in [0.25, 0.3) is 0 Å². The molecule has 1 aliphatic heterocycles.